The third-order valence-electron chi connectivity index (χ3n) is 5.20. The number of anilines is 2. The van der Waals surface area contributed by atoms with Crippen LogP contribution in [0.3, 0.4) is 0 Å². The Labute approximate surface area is 200 Å². The van der Waals surface area contributed by atoms with Gasteiger partial charge in [-0.2, -0.15) is 0 Å². The standard InChI is InChI=1S/C24H16N2O7S2/c27-21-7-3-1-5-19(21)25-34(29,30)15-9-11-23-17(13-15)18-14-16(10-12-24(18)33-23)35(31,32)26-20-6-2-4-8-22(20)28/h1-3,5-7,9-14,25-28H. The van der Waals surface area contributed by atoms with Gasteiger partial charge in [0.25, 0.3) is 20.0 Å². The van der Waals surface area contributed by atoms with Crippen LogP contribution in [-0.2, 0) is 20.0 Å². The van der Waals surface area contributed by atoms with Crippen molar-refractivity contribution in [2.75, 3.05) is 9.44 Å². The van der Waals surface area contributed by atoms with Crippen molar-refractivity contribution in [2.45, 2.75) is 9.79 Å². The van der Waals surface area contributed by atoms with Gasteiger partial charge in [0, 0.05) is 10.8 Å². The number of hydrogen-bond acceptors (Lipinski definition) is 7. The molecule has 0 saturated heterocycles. The predicted molar refractivity (Wildman–Crippen MR) is 129 cm³/mol. The molecule has 0 aliphatic heterocycles. The minimum absolute atomic E-state index is 0.0168. The summed E-state index contributed by atoms with van der Waals surface area (Å²) < 4.78 is 62.0. The van der Waals surface area contributed by atoms with Crippen LogP contribution in [0.15, 0.2) is 87.0 Å². The van der Waals surface area contributed by atoms with Gasteiger partial charge in [0.15, 0.2) is 5.75 Å². The van der Waals surface area contributed by atoms with E-state index in [1.807, 2.05) is 0 Å². The summed E-state index contributed by atoms with van der Waals surface area (Å²) in [6.07, 6.45) is 0. The van der Waals surface area contributed by atoms with Gasteiger partial charge in [-0.05, 0) is 66.7 Å². The molecule has 0 fully saturated rings. The number of sulfonamides is 2. The number of phenolic OH excluding ortho intramolecular Hbond substituents is 1. The van der Waals surface area contributed by atoms with Crippen LogP contribution >= 0.6 is 0 Å². The molecule has 5 aromatic rings. The van der Waals surface area contributed by atoms with E-state index in [0.29, 0.717) is 21.9 Å². The molecule has 0 aliphatic carbocycles. The first kappa shape index (κ1) is 22.4. The molecule has 0 spiro atoms. The average molecular weight is 509 g/mol. The van der Waals surface area contributed by atoms with E-state index in [1.165, 1.54) is 60.7 Å². The number of aromatic hydroxyl groups is 2. The largest absolute Gasteiger partial charge is 0.506 e. The van der Waals surface area contributed by atoms with E-state index in [4.69, 9.17) is 4.42 Å². The minimum Gasteiger partial charge on any atom is -0.506 e. The highest BCUT2D eigenvalue weighted by atomic mass is 32.2. The second-order valence-electron chi connectivity index (χ2n) is 7.51. The Balaban J connectivity index is 1.57. The molecular formula is C24H16N2O7S2. The highest BCUT2D eigenvalue weighted by Gasteiger charge is 2.21. The zero-order chi connectivity index (χ0) is 24.8. The molecule has 176 valence electrons. The van der Waals surface area contributed by atoms with Gasteiger partial charge < -0.3 is 14.6 Å². The van der Waals surface area contributed by atoms with Gasteiger partial charge in [-0.1, -0.05) is 18.2 Å². The lowest BCUT2D eigenvalue weighted by molar-refractivity contribution is 0.477. The van der Waals surface area contributed by atoms with E-state index in [2.05, 4.69) is 21.6 Å². The summed E-state index contributed by atoms with van der Waals surface area (Å²) >= 11 is 0. The van der Waals surface area contributed by atoms with Crippen LogP contribution < -0.4 is 9.44 Å². The molecule has 0 atom stereocenters. The van der Waals surface area contributed by atoms with Crippen molar-refractivity contribution in [3.63, 3.8) is 0 Å². The molecule has 5 rings (SSSR count). The van der Waals surface area contributed by atoms with Crippen LogP contribution in [0.25, 0.3) is 21.9 Å². The Kier molecular flexibility index (Phi) is 5.20. The molecule has 1 heterocycles. The molecule has 0 unspecified atom stereocenters. The van der Waals surface area contributed by atoms with Crippen molar-refractivity contribution >= 4 is 53.4 Å². The van der Waals surface area contributed by atoms with Crippen molar-refractivity contribution in [3.05, 3.63) is 84.9 Å². The van der Waals surface area contributed by atoms with Crippen molar-refractivity contribution in [2.24, 2.45) is 0 Å². The third kappa shape index (κ3) is 4.16. The SMILES string of the molecule is O=S(=O)(Nc1ccc#cc1O)c1ccc2oc3ccc(S(=O)(=O)Nc4ccccc4O)cc3c2c1. The smallest absolute Gasteiger partial charge is 0.262 e. The lowest BCUT2D eigenvalue weighted by Gasteiger charge is -2.09. The van der Waals surface area contributed by atoms with Gasteiger partial charge >= 0.3 is 0 Å². The molecule has 4 aromatic carbocycles. The van der Waals surface area contributed by atoms with E-state index in [0.717, 1.165) is 0 Å². The molecule has 9 nitrogen and oxygen atoms in total. The fourth-order valence-corrected chi connectivity index (χ4v) is 5.69. The zero-order valence-electron chi connectivity index (χ0n) is 17.7. The zero-order valence-corrected chi connectivity index (χ0v) is 19.3. The molecule has 0 radical (unpaired) electrons. The van der Waals surface area contributed by atoms with E-state index in [1.54, 1.807) is 12.1 Å². The van der Waals surface area contributed by atoms with Gasteiger partial charge in [0.1, 0.15) is 22.6 Å². The Bertz CT molecular complexity index is 1680. The molecule has 1 aromatic heterocycles. The van der Waals surface area contributed by atoms with Gasteiger partial charge in [0.2, 0.25) is 0 Å². The van der Waals surface area contributed by atoms with Crippen LogP contribution in [0.1, 0.15) is 0 Å². The third-order valence-corrected chi connectivity index (χ3v) is 7.93. The number of para-hydroxylation sites is 2. The molecule has 0 bridgehead atoms. The molecule has 0 amide bonds. The Morgan fingerprint density at radius 2 is 1.29 bits per heavy atom. The summed E-state index contributed by atoms with van der Waals surface area (Å²) in [4.78, 5) is -0.233. The van der Waals surface area contributed by atoms with Gasteiger partial charge in [-0.3, -0.25) is 9.44 Å². The summed E-state index contributed by atoms with van der Waals surface area (Å²) in [5, 5.41) is 20.5. The van der Waals surface area contributed by atoms with Crippen LogP contribution in [0.4, 0.5) is 11.4 Å². The molecular weight excluding hydrogens is 492 g/mol. The second-order valence-corrected chi connectivity index (χ2v) is 10.9. The summed E-state index contributed by atoms with van der Waals surface area (Å²) in [6, 6.07) is 21.9. The maximum absolute atomic E-state index is 12.9. The molecule has 0 aliphatic rings. The highest BCUT2D eigenvalue weighted by Crippen LogP contribution is 2.34. The summed E-state index contributed by atoms with van der Waals surface area (Å²) in [7, 11) is -8.18. The van der Waals surface area contributed by atoms with E-state index in [-0.39, 0.29) is 26.9 Å². The monoisotopic (exact) mass is 508 g/mol. The first-order valence-electron chi connectivity index (χ1n) is 10.1. The summed E-state index contributed by atoms with van der Waals surface area (Å²) in [5.74, 6) is -0.633. The van der Waals surface area contributed by atoms with Crippen molar-refractivity contribution < 1.29 is 31.5 Å². The van der Waals surface area contributed by atoms with Crippen LogP contribution in [-0.4, -0.2) is 27.0 Å². The number of rotatable bonds is 6. The number of nitrogens with one attached hydrogen (secondary N) is 2. The topological polar surface area (TPSA) is 146 Å². The molecule has 35 heavy (non-hydrogen) atoms. The second kappa shape index (κ2) is 8.12. The van der Waals surface area contributed by atoms with Gasteiger partial charge in [-0.25, -0.2) is 16.8 Å². The van der Waals surface area contributed by atoms with Crippen LogP contribution in [0.5, 0.6) is 11.5 Å². The number of phenols is 1. The molecule has 11 heteroatoms. The van der Waals surface area contributed by atoms with E-state index in [9.17, 15) is 27.0 Å². The Morgan fingerprint density at radius 3 is 1.86 bits per heavy atom. The number of furan rings is 1. The number of fused-ring (bicyclic) bond motifs is 3. The van der Waals surface area contributed by atoms with Crippen molar-refractivity contribution in [3.8, 4) is 11.5 Å². The first-order chi connectivity index (χ1) is 16.6. The summed E-state index contributed by atoms with van der Waals surface area (Å²) in [5.41, 5.74) is 0.662. The number of benzene rings is 3. The maximum Gasteiger partial charge on any atom is 0.262 e. The Morgan fingerprint density at radius 1 is 0.714 bits per heavy atom. The summed E-state index contributed by atoms with van der Waals surface area (Å²) in [6.45, 7) is 0. The fraction of sp³-hybridized carbons (Fsp3) is 0. The van der Waals surface area contributed by atoms with Crippen molar-refractivity contribution in [1.82, 2.24) is 0 Å². The minimum atomic E-state index is -4.10. The number of hydrogen-bond donors (Lipinski definition) is 4. The molecule has 0 saturated carbocycles. The lowest BCUT2D eigenvalue weighted by Crippen LogP contribution is -2.13. The maximum atomic E-state index is 12.9. The van der Waals surface area contributed by atoms with E-state index < -0.39 is 25.8 Å². The van der Waals surface area contributed by atoms with E-state index >= 15 is 0 Å². The lowest BCUT2D eigenvalue weighted by atomic mass is 10.1. The van der Waals surface area contributed by atoms with Crippen LogP contribution in [0, 0.1) is 12.1 Å². The van der Waals surface area contributed by atoms with Gasteiger partial charge in [-0.15, -0.1) is 0 Å². The van der Waals surface area contributed by atoms with Gasteiger partial charge in [0.05, 0.1) is 15.5 Å². The molecule has 4 N–H and O–H groups in total. The highest BCUT2D eigenvalue weighted by molar-refractivity contribution is 7.93. The van der Waals surface area contributed by atoms with Crippen molar-refractivity contribution in [1.29, 1.82) is 0 Å². The van der Waals surface area contributed by atoms with Crippen LogP contribution in [0.2, 0.25) is 0 Å². The predicted octanol–water partition coefficient (Wildman–Crippen LogP) is 4.20. The quantitative estimate of drug-likeness (QED) is 0.251. The fourth-order valence-electron chi connectivity index (χ4n) is 3.50. The normalized spacial score (nSPS) is 11.9. The first-order valence-corrected chi connectivity index (χ1v) is 13.0. The Hall–Kier alpha value is -4.40. The average Bonchev–Trinajstić information content (AvgIpc) is 3.19.